The fourth-order valence-corrected chi connectivity index (χ4v) is 1.98. The minimum atomic E-state index is 0.539. The second-order valence-electron chi connectivity index (χ2n) is 3.01. The molecule has 0 saturated heterocycles. The van der Waals surface area contributed by atoms with Crippen LogP contribution in [0.2, 0.25) is 0 Å². The van der Waals surface area contributed by atoms with Crippen LogP contribution in [0.5, 0.6) is 0 Å². The van der Waals surface area contributed by atoms with Crippen LogP contribution in [0.1, 0.15) is 5.69 Å². The zero-order valence-corrected chi connectivity index (χ0v) is 8.71. The maximum Gasteiger partial charge on any atom is 0.103 e. The lowest BCUT2D eigenvalue weighted by Crippen LogP contribution is -1.99. The van der Waals surface area contributed by atoms with Gasteiger partial charge in [0.1, 0.15) is 12.2 Å². The Labute approximate surface area is 87.2 Å². The minimum absolute atomic E-state index is 0.539. The van der Waals surface area contributed by atoms with E-state index in [1.807, 2.05) is 23.1 Å². The van der Waals surface area contributed by atoms with E-state index < -0.39 is 0 Å². The van der Waals surface area contributed by atoms with E-state index in [1.54, 1.807) is 11.3 Å². The van der Waals surface area contributed by atoms with E-state index in [4.69, 9.17) is 6.42 Å². The van der Waals surface area contributed by atoms with E-state index in [9.17, 15) is 0 Å². The molecular formula is C11H10N2S. The maximum atomic E-state index is 5.25. The number of hydrogen-bond acceptors (Lipinski definition) is 2. The number of aromatic nitrogens is 2. The molecule has 70 valence electrons. The SMILES string of the molecule is C#CCn1nc(-c2cccs2)cc1C. The predicted octanol–water partition coefficient (Wildman–Crippen LogP) is 2.55. The molecule has 0 aliphatic rings. The van der Waals surface area contributed by atoms with Gasteiger partial charge in [-0.15, -0.1) is 17.8 Å². The molecule has 0 fully saturated rings. The van der Waals surface area contributed by atoms with Gasteiger partial charge in [-0.05, 0) is 24.4 Å². The van der Waals surface area contributed by atoms with E-state index in [1.165, 1.54) is 4.88 Å². The average molecular weight is 202 g/mol. The van der Waals surface area contributed by atoms with Crippen LogP contribution >= 0.6 is 11.3 Å². The van der Waals surface area contributed by atoms with Crippen molar-refractivity contribution in [1.82, 2.24) is 9.78 Å². The third-order valence-corrected chi connectivity index (χ3v) is 2.89. The van der Waals surface area contributed by atoms with Gasteiger partial charge < -0.3 is 0 Å². The number of thiophene rings is 1. The first kappa shape index (κ1) is 9.04. The van der Waals surface area contributed by atoms with Gasteiger partial charge >= 0.3 is 0 Å². The second kappa shape index (κ2) is 3.69. The number of terminal acetylenes is 1. The molecule has 0 aromatic carbocycles. The van der Waals surface area contributed by atoms with Gasteiger partial charge in [-0.25, -0.2) is 0 Å². The van der Waals surface area contributed by atoms with Gasteiger partial charge in [-0.3, -0.25) is 4.68 Å². The van der Waals surface area contributed by atoms with Crippen molar-refractivity contribution in [3.63, 3.8) is 0 Å². The molecule has 0 radical (unpaired) electrons. The Morgan fingerprint density at radius 3 is 3.14 bits per heavy atom. The van der Waals surface area contributed by atoms with Crippen molar-refractivity contribution in [2.24, 2.45) is 0 Å². The zero-order chi connectivity index (χ0) is 9.97. The van der Waals surface area contributed by atoms with Crippen molar-refractivity contribution in [2.75, 3.05) is 0 Å². The first-order valence-electron chi connectivity index (χ1n) is 4.33. The summed E-state index contributed by atoms with van der Waals surface area (Å²) < 4.78 is 1.84. The summed E-state index contributed by atoms with van der Waals surface area (Å²) >= 11 is 1.69. The third-order valence-electron chi connectivity index (χ3n) is 2.00. The normalized spacial score (nSPS) is 10.0. The Kier molecular flexibility index (Phi) is 2.38. The van der Waals surface area contributed by atoms with Crippen molar-refractivity contribution in [1.29, 1.82) is 0 Å². The number of aryl methyl sites for hydroxylation is 1. The molecule has 2 rings (SSSR count). The van der Waals surface area contributed by atoms with E-state index >= 15 is 0 Å². The van der Waals surface area contributed by atoms with E-state index in [0.717, 1.165) is 11.4 Å². The number of hydrogen-bond donors (Lipinski definition) is 0. The Hall–Kier alpha value is -1.53. The van der Waals surface area contributed by atoms with Gasteiger partial charge in [0, 0.05) is 5.69 Å². The van der Waals surface area contributed by atoms with Crippen molar-refractivity contribution in [3.05, 3.63) is 29.3 Å². The summed E-state index contributed by atoms with van der Waals surface area (Å²) in [6.07, 6.45) is 5.25. The molecule has 0 atom stereocenters. The topological polar surface area (TPSA) is 17.8 Å². The standard InChI is InChI=1S/C11H10N2S/c1-3-6-13-9(2)8-10(12-13)11-5-4-7-14-11/h1,4-5,7-8H,6H2,2H3. The van der Waals surface area contributed by atoms with Crippen LogP contribution in [0.15, 0.2) is 23.6 Å². The molecule has 0 aliphatic carbocycles. The van der Waals surface area contributed by atoms with Crippen LogP contribution in [0.3, 0.4) is 0 Å². The predicted molar refractivity (Wildman–Crippen MR) is 59.1 cm³/mol. The highest BCUT2D eigenvalue weighted by Gasteiger charge is 2.05. The molecule has 0 bridgehead atoms. The van der Waals surface area contributed by atoms with Gasteiger partial charge in [-0.2, -0.15) is 5.10 Å². The summed E-state index contributed by atoms with van der Waals surface area (Å²) in [5.41, 5.74) is 2.11. The Bertz CT molecular complexity index is 460. The van der Waals surface area contributed by atoms with Crippen LogP contribution < -0.4 is 0 Å². The summed E-state index contributed by atoms with van der Waals surface area (Å²) in [6, 6.07) is 6.14. The highest BCUT2D eigenvalue weighted by atomic mass is 32.1. The van der Waals surface area contributed by atoms with Crippen molar-refractivity contribution in [2.45, 2.75) is 13.5 Å². The molecule has 2 heterocycles. The number of rotatable bonds is 2. The van der Waals surface area contributed by atoms with E-state index in [0.29, 0.717) is 6.54 Å². The molecule has 0 saturated carbocycles. The molecule has 3 heteroatoms. The van der Waals surface area contributed by atoms with Crippen LogP contribution in [0, 0.1) is 19.3 Å². The van der Waals surface area contributed by atoms with Crippen LogP contribution in [-0.2, 0) is 6.54 Å². The smallest absolute Gasteiger partial charge is 0.103 e. The van der Waals surface area contributed by atoms with Gasteiger partial charge in [0.2, 0.25) is 0 Å². The van der Waals surface area contributed by atoms with Crippen molar-refractivity contribution in [3.8, 4) is 22.9 Å². The quantitative estimate of drug-likeness (QED) is 0.684. The Morgan fingerprint density at radius 1 is 1.64 bits per heavy atom. The first-order valence-corrected chi connectivity index (χ1v) is 5.21. The summed E-state index contributed by atoms with van der Waals surface area (Å²) in [7, 11) is 0. The zero-order valence-electron chi connectivity index (χ0n) is 7.90. The summed E-state index contributed by atoms with van der Waals surface area (Å²) in [6.45, 7) is 2.55. The summed E-state index contributed by atoms with van der Waals surface area (Å²) in [5, 5.41) is 6.47. The molecule has 2 aromatic rings. The molecule has 0 spiro atoms. The van der Waals surface area contributed by atoms with Crippen molar-refractivity contribution >= 4 is 11.3 Å². The van der Waals surface area contributed by atoms with Crippen LogP contribution in [0.25, 0.3) is 10.6 Å². The Morgan fingerprint density at radius 2 is 2.50 bits per heavy atom. The molecule has 2 aromatic heterocycles. The largest absolute Gasteiger partial charge is 0.257 e. The second-order valence-corrected chi connectivity index (χ2v) is 3.96. The molecule has 0 unspecified atom stereocenters. The van der Waals surface area contributed by atoms with E-state index in [-0.39, 0.29) is 0 Å². The monoisotopic (exact) mass is 202 g/mol. The minimum Gasteiger partial charge on any atom is -0.257 e. The lowest BCUT2D eigenvalue weighted by Gasteiger charge is -1.95. The van der Waals surface area contributed by atoms with Gasteiger partial charge in [0.25, 0.3) is 0 Å². The van der Waals surface area contributed by atoms with Crippen LogP contribution in [0.4, 0.5) is 0 Å². The molecule has 0 aliphatic heterocycles. The van der Waals surface area contributed by atoms with Crippen LogP contribution in [-0.4, -0.2) is 9.78 Å². The van der Waals surface area contributed by atoms with Gasteiger partial charge in [0.05, 0.1) is 4.88 Å². The lowest BCUT2D eigenvalue weighted by molar-refractivity contribution is 0.694. The number of nitrogens with zero attached hydrogens (tertiary/aromatic N) is 2. The van der Waals surface area contributed by atoms with E-state index in [2.05, 4.69) is 23.2 Å². The Balaban J connectivity index is 2.39. The molecule has 0 N–H and O–H groups in total. The van der Waals surface area contributed by atoms with Crippen molar-refractivity contribution < 1.29 is 0 Å². The van der Waals surface area contributed by atoms with Gasteiger partial charge in [0.15, 0.2) is 0 Å². The average Bonchev–Trinajstić information content (AvgIpc) is 2.76. The first-order chi connectivity index (χ1) is 6.81. The summed E-state index contributed by atoms with van der Waals surface area (Å²) in [5.74, 6) is 2.59. The summed E-state index contributed by atoms with van der Waals surface area (Å²) in [4.78, 5) is 1.18. The fraction of sp³-hybridized carbons (Fsp3) is 0.182. The maximum absolute atomic E-state index is 5.25. The third kappa shape index (κ3) is 1.57. The highest BCUT2D eigenvalue weighted by Crippen LogP contribution is 2.23. The molecular weight excluding hydrogens is 192 g/mol. The molecule has 2 nitrogen and oxygen atoms in total. The lowest BCUT2D eigenvalue weighted by atomic mass is 10.3. The molecule has 14 heavy (non-hydrogen) atoms. The highest BCUT2D eigenvalue weighted by molar-refractivity contribution is 7.13. The van der Waals surface area contributed by atoms with Gasteiger partial charge in [-0.1, -0.05) is 12.0 Å². The molecule has 0 amide bonds. The fourth-order valence-electron chi connectivity index (χ4n) is 1.30.